The predicted octanol–water partition coefficient (Wildman–Crippen LogP) is 3.37. The number of carbonyl (C=O) groups is 1. The number of hydrogen-bond acceptors (Lipinski definition) is 8. The first-order valence-corrected chi connectivity index (χ1v) is 8.62. The van der Waals surface area contributed by atoms with Crippen LogP contribution in [0.5, 0.6) is 11.5 Å². The topological polar surface area (TPSA) is 131 Å². The van der Waals surface area contributed by atoms with E-state index in [1.165, 1.54) is 6.92 Å². The minimum Gasteiger partial charge on any atom is -0.507 e. The van der Waals surface area contributed by atoms with Gasteiger partial charge in [0.2, 0.25) is 0 Å². The first-order valence-electron chi connectivity index (χ1n) is 8.62. The van der Waals surface area contributed by atoms with Gasteiger partial charge in [0.15, 0.2) is 0 Å². The van der Waals surface area contributed by atoms with Crippen LogP contribution < -0.4 is 4.74 Å². The summed E-state index contributed by atoms with van der Waals surface area (Å²) < 4.78 is 49.9. The Bertz CT molecular complexity index is 1020. The summed E-state index contributed by atoms with van der Waals surface area (Å²) in [5.74, 6) is -2.47. The highest BCUT2D eigenvalue weighted by molar-refractivity contribution is 5.87. The van der Waals surface area contributed by atoms with Crippen molar-refractivity contribution in [2.45, 2.75) is 18.7 Å². The zero-order valence-electron chi connectivity index (χ0n) is 16.2. The van der Waals surface area contributed by atoms with Crippen molar-refractivity contribution >= 4 is 23.6 Å². The number of aliphatic imine (C=N–C) groups is 1. The lowest BCUT2D eigenvalue weighted by atomic mass is 9.92. The molecule has 0 saturated carbocycles. The molecule has 1 atom stereocenters. The maximum atomic E-state index is 13.5. The summed E-state index contributed by atoms with van der Waals surface area (Å²) in [5.41, 5.74) is -5.17. The fraction of sp³-hybridized carbons (Fsp3) is 0.263. The molecule has 0 heterocycles. The second-order valence-electron chi connectivity index (χ2n) is 6.07. The second-order valence-corrected chi connectivity index (χ2v) is 6.07. The van der Waals surface area contributed by atoms with Crippen LogP contribution >= 0.6 is 0 Å². The van der Waals surface area contributed by atoms with Crippen LogP contribution in [0.25, 0.3) is 0 Å². The first-order chi connectivity index (χ1) is 14.4. The van der Waals surface area contributed by atoms with Gasteiger partial charge in [-0.1, -0.05) is 6.07 Å². The van der Waals surface area contributed by atoms with Gasteiger partial charge in [-0.3, -0.25) is 15.1 Å². The van der Waals surface area contributed by atoms with E-state index in [9.17, 15) is 38.3 Å². The minimum atomic E-state index is -5.39. The number of esters is 1. The molecule has 0 aliphatic rings. The van der Waals surface area contributed by atoms with Crippen LogP contribution in [0.4, 0.5) is 24.5 Å². The maximum Gasteiger partial charge on any atom is 0.432 e. The molecule has 0 unspecified atom stereocenters. The molecule has 0 aliphatic heterocycles. The van der Waals surface area contributed by atoms with Gasteiger partial charge in [-0.2, -0.15) is 13.2 Å². The highest BCUT2D eigenvalue weighted by Crippen LogP contribution is 2.42. The van der Waals surface area contributed by atoms with E-state index in [-0.39, 0.29) is 35.0 Å². The summed E-state index contributed by atoms with van der Waals surface area (Å²) in [6.45, 7) is 0.903. The maximum absolute atomic E-state index is 13.5. The van der Waals surface area contributed by atoms with Crippen LogP contribution in [0.3, 0.4) is 0 Å². The number of nitro benzene ring substituents is 1. The van der Waals surface area contributed by atoms with Gasteiger partial charge in [0.05, 0.1) is 18.6 Å². The molecule has 2 aromatic rings. The number of rotatable bonds is 7. The van der Waals surface area contributed by atoms with Crippen molar-refractivity contribution in [2.75, 3.05) is 13.7 Å². The van der Waals surface area contributed by atoms with Crippen LogP contribution in [-0.4, -0.2) is 47.2 Å². The molecule has 31 heavy (non-hydrogen) atoms. The quantitative estimate of drug-likeness (QED) is 0.291. The number of aliphatic hydroxyl groups is 1. The smallest absolute Gasteiger partial charge is 0.432 e. The van der Waals surface area contributed by atoms with Crippen LogP contribution in [0, 0.1) is 10.1 Å². The lowest BCUT2D eigenvalue weighted by Gasteiger charge is -2.28. The molecular formula is C19H17F3N2O7. The molecule has 0 radical (unpaired) electrons. The number of non-ortho nitro benzene ring substituents is 1. The van der Waals surface area contributed by atoms with Gasteiger partial charge >= 0.3 is 12.1 Å². The zero-order chi connectivity index (χ0) is 23.4. The molecular weight excluding hydrogens is 425 g/mol. The Balaban J connectivity index is 2.50. The van der Waals surface area contributed by atoms with Crippen molar-refractivity contribution in [1.82, 2.24) is 0 Å². The van der Waals surface area contributed by atoms with E-state index >= 15 is 0 Å². The van der Waals surface area contributed by atoms with E-state index < -0.39 is 28.2 Å². The Morgan fingerprint density at radius 1 is 1.26 bits per heavy atom. The number of halogens is 3. The summed E-state index contributed by atoms with van der Waals surface area (Å²) in [6, 6.07) is 5.83. The average Bonchev–Trinajstić information content (AvgIpc) is 2.71. The van der Waals surface area contributed by atoms with Crippen molar-refractivity contribution in [3.8, 4) is 11.5 Å². The Hall–Kier alpha value is -3.67. The monoisotopic (exact) mass is 442 g/mol. The van der Waals surface area contributed by atoms with Crippen LogP contribution in [0.15, 0.2) is 41.4 Å². The van der Waals surface area contributed by atoms with Gasteiger partial charge in [-0.25, -0.2) is 4.79 Å². The molecule has 12 heteroatoms. The third-order valence-corrected chi connectivity index (χ3v) is 4.14. The van der Waals surface area contributed by atoms with Gasteiger partial charge < -0.3 is 19.7 Å². The average molecular weight is 442 g/mol. The number of aromatic hydroxyl groups is 1. The predicted molar refractivity (Wildman–Crippen MR) is 102 cm³/mol. The fourth-order valence-electron chi connectivity index (χ4n) is 2.54. The lowest BCUT2D eigenvalue weighted by Crippen LogP contribution is -2.50. The number of methoxy groups -OCH3 is 1. The van der Waals surface area contributed by atoms with Gasteiger partial charge in [-0.15, -0.1) is 0 Å². The van der Waals surface area contributed by atoms with Crippen LogP contribution in [0.1, 0.15) is 18.1 Å². The van der Waals surface area contributed by atoms with Crippen LogP contribution in [0.2, 0.25) is 0 Å². The van der Waals surface area contributed by atoms with Gasteiger partial charge in [0.1, 0.15) is 17.2 Å². The van der Waals surface area contributed by atoms with Crippen molar-refractivity contribution in [3.05, 3.63) is 57.6 Å². The molecule has 0 spiro atoms. The molecule has 9 nitrogen and oxygen atoms in total. The van der Waals surface area contributed by atoms with E-state index in [1.54, 1.807) is 0 Å². The first kappa shape index (κ1) is 23.6. The number of alkyl halides is 3. The van der Waals surface area contributed by atoms with Crippen molar-refractivity contribution in [2.24, 2.45) is 4.99 Å². The van der Waals surface area contributed by atoms with Gasteiger partial charge in [0.25, 0.3) is 11.3 Å². The number of hydrogen-bond donors (Lipinski definition) is 2. The normalized spacial score (nSPS) is 13.6. The molecule has 0 bridgehead atoms. The molecule has 0 aliphatic carbocycles. The van der Waals surface area contributed by atoms with Gasteiger partial charge in [-0.05, 0) is 25.1 Å². The summed E-state index contributed by atoms with van der Waals surface area (Å²) in [5, 5.41) is 30.8. The minimum absolute atomic E-state index is 0.0290. The van der Waals surface area contributed by atoms with Crippen LogP contribution in [-0.2, 0) is 15.1 Å². The van der Waals surface area contributed by atoms with Crippen molar-refractivity contribution < 1.29 is 42.6 Å². The standard InChI is InChI=1S/C19H17F3N2O7/c1-3-31-17(26)18(27,19(20,21)22)12-4-6-14(16(9-12)30-2)23-10-11-8-13(24(28)29)5-7-15(11)25/h4-10,25,27H,3H2,1-2H3/t18-/m0/s1. The lowest BCUT2D eigenvalue weighted by molar-refractivity contribution is -0.384. The summed E-state index contributed by atoms with van der Waals surface area (Å²) in [4.78, 5) is 26.0. The molecule has 2 rings (SSSR count). The summed E-state index contributed by atoms with van der Waals surface area (Å²) in [6.07, 6.45) is -4.34. The van der Waals surface area contributed by atoms with E-state index in [1.807, 2.05) is 0 Å². The third-order valence-electron chi connectivity index (χ3n) is 4.14. The third kappa shape index (κ3) is 4.74. The molecule has 0 aromatic heterocycles. The fourth-order valence-corrected chi connectivity index (χ4v) is 2.54. The highest BCUT2D eigenvalue weighted by atomic mass is 19.4. The molecule has 0 amide bonds. The van der Waals surface area contributed by atoms with E-state index in [0.717, 1.165) is 49.7 Å². The van der Waals surface area contributed by atoms with Crippen molar-refractivity contribution in [1.29, 1.82) is 0 Å². The molecule has 0 saturated heterocycles. The Kier molecular flexibility index (Phi) is 6.85. The largest absolute Gasteiger partial charge is 0.507 e. The Morgan fingerprint density at radius 3 is 2.48 bits per heavy atom. The van der Waals surface area contributed by atoms with Crippen molar-refractivity contribution in [3.63, 3.8) is 0 Å². The van der Waals surface area contributed by atoms with E-state index in [0.29, 0.717) is 0 Å². The summed E-state index contributed by atoms with van der Waals surface area (Å²) >= 11 is 0. The zero-order valence-corrected chi connectivity index (χ0v) is 16.2. The number of carbonyl (C=O) groups excluding carboxylic acids is 1. The highest BCUT2D eigenvalue weighted by Gasteiger charge is 2.62. The number of nitrogens with zero attached hydrogens (tertiary/aromatic N) is 2. The number of phenolic OH excluding ortho intramolecular Hbond substituents is 1. The number of ether oxygens (including phenoxy) is 2. The molecule has 166 valence electrons. The number of phenols is 1. The van der Waals surface area contributed by atoms with E-state index in [4.69, 9.17) is 4.74 Å². The summed E-state index contributed by atoms with van der Waals surface area (Å²) in [7, 11) is 1.12. The number of nitro groups is 1. The Morgan fingerprint density at radius 2 is 1.94 bits per heavy atom. The Labute approximate surface area is 173 Å². The number of benzene rings is 2. The van der Waals surface area contributed by atoms with E-state index in [2.05, 4.69) is 9.73 Å². The molecule has 2 N–H and O–H groups in total. The molecule has 0 fully saturated rings. The van der Waals surface area contributed by atoms with Gasteiger partial charge in [0, 0.05) is 29.5 Å². The SMILES string of the molecule is CCOC(=O)[C@@](O)(c1ccc(N=Cc2cc([N+](=O)[O-])ccc2O)c(OC)c1)C(F)(F)F. The molecule has 2 aromatic carbocycles. The second kappa shape index (κ2) is 9.00.